The number of piperidine rings is 1. The first-order valence-corrected chi connectivity index (χ1v) is 7.73. The van der Waals surface area contributed by atoms with E-state index < -0.39 is 0 Å². The highest BCUT2D eigenvalue weighted by atomic mass is 32.1. The van der Waals surface area contributed by atoms with Gasteiger partial charge in [0, 0.05) is 22.7 Å². The number of fused-ring (bicyclic) bond motifs is 1. The maximum atomic E-state index is 12.4. The van der Waals surface area contributed by atoms with Crippen molar-refractivity contribution in [1.29, 1.82) is 0 Å². The molecule has 2 aromatic rings. The monoisotopic (exact) mass is 289 g/mol. The van der Waals surface area contributed by atoms with Crippen molar-refractivity contribution in [1.82, 2.24) is 10.2 Å². The molecule has 106 valence electrons. The van der Waals surface area contributed by atoms with Crippen molar-refractivity contribution < 1.29 is 4.79 Å². The maximum absolute atomic E-state index is 12.4. The fourth-order valence-electron chi connectivity index (χ4n) is 2.77. The molecule has 0 bridgehead atoms. The minimum absolute atomic E-state index is 0.0380. The molecular weight excluding hydrogens is 270 g/mol. The van der Waals surface area contributed by atoms with Gasteiger partial charge in [0.15, 0.2) is 0 Å². The maximum Gasteiger partial charge on any atom is 0.263 e. The third kappa shape index (κ3) is 2.51. The zero-order valence-corrected chi connectivity index (χ0v) is 12.4. The summed E-state index contributed by atoms with van der Waals surface area (Å²) in [5, 5.41) is 4.09. The molecule has 5 heteroatoms. The lowest BCUT2D eigenvalue weighted by Crippen LogP contribution is -2.46. The number of hydrogen-bond acceptors (Lipinski definition) is 4. The lowest BCUT2D eigenvalue weighted by Gasteiger charge is -2.30. The molecule has 1 aromatic carbocycles. The molecule has 1 aliphatic heterocycles. The van der Waals surface area contributed by atoms with E-state index in [4.69, 9.17) is 5.73 Å². The number of rotatable bonds is 2. The van der Waals surface area contributed by atoms with Crippen molar-refractivity contribution in [3.05, 3.63) is 29.1 Å². The Kier molecular flexibility index (Phi) is 3.63. The number of nitrogens with zero attached hydrogens (tertiary/aromatic N) is 1. The second-order valence-corrected chi connectivity index (χ2v) is 6.47. The third-order valence-corrected chi connectivity index (χ3v) is 4.99. The molecule has 0 saturated carbocycles. The molecule has 1 aromatic heterocycles. The highest BCUT2D eigenvalue weighted by Gasteiger charge is 2.22. The van der Waals surface area contributed by atoms with Gasteiger partial charge in [-0.1, -0.05) is 18.2 Å². The molecule has 1 amide bonds. The second-order valence-electron chi connectivity index (χ2n) is 5.42. The predicted octanol–water partition coefficient (Wildman–Crippen LogP) is 2.31. The van der Waals surface area contributed by atoms with Crippen molar-refractivity contribution in [2.75, 3.05) is 25.9 Å². The van der Waals surface area contributed by atoms with Gasteiger partial charge in [-0.25, -0.2) is 0 Å². The van der Waals surface area contributed by atoms with Crippen LogP contribution in [0, 0.1) is 0 Å². The van der Waals surface area contributed by atoms with E-state index in [1.54, 1.807) is 0 Å². The van der Waals surface area contributed by atoms with Gasteiger partial charge in [0.2, 0.25) is 0 Å². The van der Waals surface area contributed by atoms with Crippen molar-refractivity contribution in [2.45, 2.75) is 18.9 Å². The second kappa shape index (κ2) is 5.42. The van der Waals surface area contributed by atoms with Crippen LogP contribution >= 0.6 is 11.3 Å². The van der Waals surface area contributed by atoms with Crippen LogP contribution in [0.15, 0.2) is 24.3 Å². The van der Waals surface area contributed by atoms with Crippen molar-refractivity contribution >= 4 is 33.0 Å². The average Bonchev–Trinajstić information content (AvgIpc) is 2.77. The zero-order valence-electron chi connectivity index (χ0n) is 11.6. The van der Waals surface area contributed by atoms with Crippen LogP contribution < -0.4 is 11.1 Å². The molecule has 1 aliphatic rings. The summed E-state index contributed by atoms with van der Waals surface area (Å²) in [7, 11) is 2.09. The van der Waals surface area contributed by atoms with Crippen LogP contribution in [-0.4, -0.2) is 37.0 Å². The number of hydrogen-bond donors (Lipinski definition) is 2. The van der Waals surface area contributed by atoms with E-state index in [0.717, 1.165) is 36.0 Å². The van der Waals surface area contributed by atoms with E-state index in [1.807, 2.05) is 24.3 Å². The molecule has 3 rings (SSSR count). The number of anilines is 1. The third-order valence-electron chi connectivity index (χ3n) is 3.80. The number of likely N-dealkylation sites (N-methyl/N-ethyl adjacent to an activating group) is 1. The lowest BCUT2D eigenvalue weighted by atomic mass is 10.1. The average molecular weight is 289 g/mol. The van der Waals surface area contributed by atoms with Gasteiger partial charge in [0.1, 0.15) is 4.88 Å². The van der Waals surface area contributed by atoms with Crippen LogP contribution in [0.25, 0.3) is 10.1 Å². The molecular formula is C15H19N3OS. The Labute approximate surface area is 122 Å². The Bertz CT molecular complexity index is 637. The number of nitrogen functional groups attached to an aromatic ring is 1. The van der Waals surface area contributed by atoms with Gasteiger partial charge >= 0.3 is 0 Å². The van der Waals surface area contributed by atoms with E-state index in [-0.39, 0.29) is 11.9 Å². The van der Waals surface area contributed by atoms with Gasteiger partial charge in [-0.3, -0.25) is 4.79 Å². The quantitative estimate of drug-likeness (QED) is 0.892. The predicted molar refractivity (Wildman–Crippen MR) is 84.2 cm³/mol. The van der Waals surface area contributed by atoms with Crippen LogP contribution in [0.2, 0.25) is 0 Å². The summed E-state index contributed by atoms with van der Waals surface area (Å²) >= 11 is 1.47. The Hall–Kier alpha value is -1.59. The first-order valence-electron chi connectivity index (χ1n) is 6.91. The molecule has 1 fully saturated rings. The van der Waals surface area contributed by atoms with E-state index in [9.17, 15) is 4.79 Å². The van der Waals surface area contributed by atoms with Crippen LogP contribution in [-0.2, 0) is 0 Å². The minimum atomic E-state index is -0.0380. The Morgan fingerprint density at radius 1 is 1.45 bits per heavy atom. The van der Waals surface area contributed by atoms with E-state index in [2.05, 4.69) is 17.3 Å². The minimum Gasteiger partial charge on any atom is -0.397 e. The number of carbonyl (C=O) groups excluding carboxylic acids is 1. The number of amides is 1. The smallest absolute Gasteiger partial charge is 0.263 e. The molecule has 0 spiro atoms. The first kappa shape index (κ1) is 13.4. The van der Waals surface area contributed by atoms with Crippen molar-refractivity contribution in [3.8, 4) is 0 Å². The van der Waals surface area contributed by atoms with Crippen LogP contribution in [0.3, 0.4) is 0 Å². The number of nitrogens with one attached hydrogen (secondary N) is 1. The van der Waals surface area contributed by atoms with Gasteiger partial charge in [-0.15, -0.1) is 11.3 Å². The van der Waals surface area contributed by atoms with Gasteiger partial charge < -0.3 is 16.0 Å². The molecule has 0 aliphatic carbocycles. The van der Waals surface area contributed by atoms with Gasteiger partial charge in [-0.05, 0) is 32.5 Å². The first-order chi connectivity index (χ1) is 9.65. The molecule has 1 atom stereocenters. The van der Waals surface area contributed by atoms with Crippen LogP contribution in [0.5, 0.6) is 0 Å². The zero-order chi connectivity index (χ0) is 14.1. The summed E-state index contributed by atoms with van der Waals surface area (Å²) in [6, 6.07) is 8.11. The van der Waals surface area contributed by atoms with Crippen molar-refractivity contribution in [2.24, 2.45) is 0 Å². The molecule has 20 heavy (non-hydrogen) atoms. The number of benzene rings is 1. The topological polar surface area (TPSA) is 58.4 Å². The number of nitrogens with two attached hydrogens (primary N) is 1. The van der Waals surface area contributed by atoms with Crippen molar-refractivity contribution in [3.63, 3.8) is 0 Å². The van der Waals surface area contributed by atoms with E-state index in [1.165, 1.54) is 11.3 Å². The largest absolute Gasteiger partial charge is 0.397 e. The van der Waals surface area contributed by atoms with Crippen LogP contribution in [0.1, 0.15) is 22.5 Å². The molecule has 3 N–H and O–H groups in total. The normalized spacial score (nSPS) is 20.1. The van der Waals surface area contributed by atoms with Crippen LogP contribution in [0.4, 0.5) is 5.69 Å². The SMILES string of the molecule is CN1CCCC(NC(=O)c2sc3ccccc3c2N)C1. The van der Waals surface area contributed by atoms with E-state index in [0.29, 0.717) is 10.6 Å². The molecule has 0 radical (unpaired) electrons. The molecule has 1 saturated heterocycles. The summed E-state index contributed by atoms with van der Waals surface area (Å²) in [6.07, 6.45) is 2.17. The van der Waals surface area contributed by atoms with Gasteiger partial charge in [0.25, 0.3) is 5.91 Å². The Morgan fingerprint density at radius 3 is 3.00 bits per heavy atom. The fourth-order valence-corrected chi connectivity index (χ4v) is 3.80. The molecule has 4 nitrogen and oxygen atoms in total. The summed E-state index contributed by atoms with van der Waals surface area (Å²) in [5.41, 5.74) is 6.72. The Morgan fingerprint density at radius 2 is 2.25 bits per heavy atom. The van der Waals surface area contributed by atoms with Gasteiger partial charge in [0.05, 0.1) is 5.69 Å². The van der Waals surface area contributed by atoms with Gasteiger partial charge in [-0.2, -0.15) is 0 Å². The fraction of sp³-hybridized carbons (Fsp3) is 0.400. The molecule has 2 heterocycles. The Balaban J connectivity index is 1.80. The number of thiophene rings is 1. The summed E-state index contributed by atoms with van der Waals surface area (Å²) < 4.78 is 1.07. The highest BCUT2D eigenvalue weighted by molar-refractivity contribution is 7.21. The lowest BCUT2D eigenvalue weighted by molar-refractivity contribution is 0.0917. The summed E-state index contributed by atoms with van der Waals surface area (Å²) in [6.45, 7) is 2.02. The number of carbonyl (C=O) groups is 1. The summed E-state index contributed by atoms with van der Waals surface area (Å²) in [4.78, 5) is 15.3. The standard InChI is InChI=1S/C15H19N3OS/c1-18-8-4-5-10(9-18)17-15(19)14-13(16)11-6-2-3-7-12(11)20-14/h2-3,6-7,10H,4-5,8-9,16H2,1H3,(H,17,19). The molecule has 1 unspecified atom stereocenters. The number of likely N-dealkylation sites (tertiary alicyclic amines) is 1. The van der Waals surface area contributed by atoms with E-state index >= 15 is 0 Å². The summed E-state index contributed by atoms with van der Waals surface area (Å²) in [5.74, 6) is -0.0380. The highest BCUT2D eigenvalue weighted by Crippen LogP contribution is 2.33.